The predicted octanol–water partition coefficient (Wildman–Crippen LogP) is 2.38. The molecule has 10 heteroatoms. The number of methoxy groups -OCH3 is 1. The van der Waals surface area contributed by atoms with Crippen molar-refractivity contribution in [1.82, 2.24) is 14.5 Å². The summed E-state index contributed by atoms with van der Waals surface area (Å²) in [4.78, 5) is 26.7. The first-order valence-corrected chi connectivity index (χ1v) is 12.4. The van der Waals surface area contributed by atoms with Crippen molar-refractivity contribution in [3.8, 4) is 0 Å². The highest BCUT2D eigenvalue weighted by atomic mass is 35.5. The molecule has 0 bridgehead atoms. The quantitative estimate of drug-likeness (QED) is 0.567. The third kappa shape index (κ3) is 6.54. The molecule has 1 saturated heterocycles. The highest BCUT2D eigenvalue weighted by Gasteiger charge is 2.29. The van der Waals surface area contributed by atoms with Crippen LogP contribution in [0.3, 0.4) is 0 Å². The fraction of sp³-hybridized carbons (Fsp3) is 0.391. The second kappa shape index (κ2) is 11.1. The first-order valence-electron chi connectivity index (χ1n) is 10.6. The molecular formula is C23H28ClN3O5S. The molecule has 0 spiro atoms. The number of carbonyl (C=O) groups excluding carboxylic acids is 2. The minimum atomic E-state index is -3.57. The predicted molar refractivity (Wildman–Crippen MR) is 125 cm³/mol. The summed E-state index contributed by atoms with van der Waals surface area (Å²) in [6.45, 7) is 3.42. The minimum absolute atomic E-state index is 0.0471. The van der Waals surface area contributed by atoms with Crippen molar-refractivity contribution in [1.29, 1.82) is 0 Å². The van der Waals surface area contributed by atoms with E-state index in [0.717, 1.165) is 5.56 Å². The zero-order valence-corrected chi connectivity index (χ0v) is 20.2. The number of sulfonamides is 1. The van der Waals surface area contributed by atoms with Gasteiger partial charge in [-0.3, -0.25) is 14.5 Å². The second-order valence-electron chi connectivity index (χ2n) is 7.92. The van der Waals surface area contributed by atoms with Crippen molar-refractivity contribution in [3.05, 3.63) is 64.7 Å². The highest BCUT2D eigenvalue weighted by molar-refractivity contribution is 7.89. The molecule has 1 aliphatic heterocycles. The number of amides is 1. The number of nitrogens with zero attached hydrogens (tertiary/aromatic N) is 2. The average molecular weight is 494 g/mol. The number of aryl methyl sites for hydroxylation is 1. The minimum Gasteiger partial charge on any atom is -0.469 e. The number of rotatable bonds is 8. The molecule has 178 valence electrons. The van der Waals surface area contributed by atoms with Crippen molar-refractivity contribution in [3.63, 3.8) is 0 Å². The maximum absolute atomic E-state index is 12.9. The van der Waals surface area contributed by atoms with Gasteiger partial charge >= 0.3 is 5.97 Å². The molecule has 0 saturated carbocycles. The van der Waals surface area contributed by atoms with E-state index in [1.165, 1.54) is 11.4 Å². The SMILES string of the molecule is COC(=O)CC(NC(=O)CN1CCN(S(=O)(=O)c2ccc(C)cc2)CC1)c1ccccc1Cl. The number of benzene rings is 2. The number of ether oxygens (including phenoxy) is 1. The Morgan fingerprint density at radius 3 is 2.30 bits per heavy atom. The molecular weight excluding hydrogens is 466 g/mol. The van der Waals surface area contributed by atoms with Crippen molar-refractivity contribution in [2.45, 2.75) is 24.3 Å². The van der Waals surface area contributed by atoms with Gasteiger partial charge in [-0.15, -0.1) is 0 Å². The van der Waals surface area contributed by atoms with Gasteiger partial charge in [-0.1, -0.05) is 47.5 Å². The fourth-order valence-corrected chi connectivity index (χ4v) is 5.37. The lowest BCUT2D eigenvalue weighted by molar-refractivity contribution is -0.141. The van der Waals surface area contributed by atoms with Crippen LogP contribution in [0.4, 0.5) is 0 Å². The lowest BCUT2D eigenvalue weighted by atomic mass is 10.0. The normalized spacial score (nSPS) is 16.2. The Hall–Kier alpha value is -2.46. The average Bonchev–Trinajstić information content (AvgIpc) is 2.79. The Bertz CT molecular complexity index is 1080. The number of hydrogen-bond donors (Lipinski definition) is 1. The lowest BCUT2D eigenvalue weighted by Crippen LogP contribution is -2.51. The van der Waals surface area contributed by atoms with Crippen LogP contribution in [0, 0.1) is 6.92 Å². The number of halogens is 1. The van der Waals surface area contributed by atoms with E-state index < -0.39 is 22.0 Å². The van der Waals surface area contributed by atoms with Gasteiger partial charge in [0.05, 0.1) is 31.0 Å². The largest absolute Gasteiger partial charge is 0.469 e. The molecule has 1 atom stereocenters. The molecule has 0 aromatic heterocycles. The summed E-state index contributed by atoms with van der Waals surface area (Å²) in [6, 6.07) is 13.2. The number of carbonyl (C=O) groups is 2. The van der Waals surface area contributed by atoms with Crippen LogP contribution in [0.5, 0.6) is 0 Å². The molecule has 1 aliphatic rings. The Kier molecular flexibility index (Phi) is 8.47. The van der Waals surface area contributed by atoms with E-state index in [2.05, 4.69) is 5.32 Å². The third-order valence-electron chi connectivity index (χ3n) is 5.57. The topological polar surface area (TPSA) is 96.0 Å². The van der Waals surface area contributed by atoms with Crippen molar-refractivity contribution in [2.24, 2.45) is 0 Å². The molecule has 1 heterocycles. The van der Waals surface area contributed by atoms with E-state index in [4.69, 9.17) is 16.3 Å². The molecule has 0 radical (unpaired) electrons. The zero-order chi connectivity index (χ0) is 24.0. The van der Waals surface area contributed by atoms with Gasteiger partial charge in [-0.25, -0.2) is 8.42 Å². The highest BCUT2D eigenvalue weighted by Crippen LogP contribution is 2.25. The summed E-state index contributed by atoms with van der Waals surface area (Å²) in [6.07, 6.45) is -0.0471. The summed E-state index contributed by atoms with van der Waals surface area (Å²) in [5, 5.41) is 3.31. The van der Waals surface area contributed by atoms with Crippen LogP contribution >= 0.6 is 11.6 Å². The maximum atomic E-state index is 12.9. The van der Waals surface area contributed by atoms with Crippen molar-refractivity contribution < 1.29 is 22.7 Å². The van der Waals surface area contributed by atoms with Crippen molar-refractivity contribution in [2.75, 3.05) is 39.8 Å². The molecule has 1 amide bonds. The third-order valence-corrected chi connectivity index (χ3v) is 7.83. The number of piperazine rings is 1. The molecule has 33 heavy (non-hydrogen) atoms. The Labute approximate surface area is 199 Å². The van der Waals surface area contributed by atoms with Crippen LogP contribution in [0.25, 0.3) is 0 Å². The second-order valence-corrected chi connectivity index (χ2v) is 10.3. The van der Waals surface area contributed by atoms with Gasteiger partial charge in [0.15, 0.2) is 0 Å². The van der Waals surface area contributed by atoms with Gasteiger partial charge < -0.3 is 10.1 Å². The number of esters is 1. The first-order chi connectivity index (χ1) is 15.7. The molecule has 1 fully saturated rings. The summed E-state index contributed by atoms with van der Waals surface area (Å²) in [5.74, 6) is -0.742. The van der Waals surface area contributed by atoms with E-state index in [-0.39, 0.29) is 23.8 Å². The van der Waals surface area contributed by atoms with Gasteiger partial charge in [0.25, 0.3) is 0 Å². The Balaban J connectivity index is 1.59. The Morgan fingerprint density at radius 2 is 1.70 bits per heavy atom. The molecule has 3 rings (SSSR count). The van der Waals surface area contributed by atoms with E-state index in [0.29, 0.717) is 36.8 Å². The molecule has 1 N–H and O–H groups in total. The standard InChI is InChI=1S/C23H28ClN3O5S/c1-17-7-9-18(10-8-17)33(30,31)27-13-11-26(12-14-27)16-22(28)25-21(15-23(29)32-2)19-5-3-4-6-20(19)24/h3-10,21H,11-16H2,1-2H3,(H,25,28). The number of nitrogens with one attached hydrogen (secondary N) is 1. The Morgan fingerprint density at radius 1 is 1.06 bits per heavy atom. The summed E-state index contributed by atoms with van der Waals surface area (Å²) < 4.78 is 31.9. The monoisotopic (exact) mass is 493 g/mol. The van der Waals surface area contributed by atoms with Crippen molar-refractivity contribution >= 4 is 33.5 Å². The maximum Gasteiger partial charge on any atom is 0.307 e. The first kappa shape index (κ1) is 25.2. The summed E-state index contributed by atoms with van der Waals surface area (Å²) in [5.41, 5.74) is 1.62. The van der Waals surface area contributed by atoms with Gasteiger partial charge in [0.2, 0.25) is 15.9 Å². The van der Waals surface area contributed by atoms with Gasteiger partial charge in [-0.05, 0) is 30.7 Å². The van der Waals surface area contributed by atoms with E-state index in [9.17, 15) is 18.0 Å². The summed E-state index contributed by atoms with van der Waals surface area (Å²) >= 11 is 6.26. The van der Waals surface area contributed by atoms with Crippen LogP contribution in [0.1, 0.15) is 23.6 Å². The molecule has 2 aromatic carbocycles. The van der Waals surface area contributed by atoms with Crippen LogP contribution in [-0.2, 0) is 24.3 Å². The summed E-state index contributed by atoms with van der Waals surface area (Å²) in [7, 11) is -2.28. The molecule has 2 aromatic rings. The van der Waals surface area contributed by atoms with Crippen LogP contribution < -0.4 is 5.32 Å². The molecule has 8 nitrogen and oxygen atoms in total. The molecule has 0 aliphatic carbocycles. The van der Waals surface area contributed by atoms with E-state index in [1.54, 1.807) is 48.5 Å². The lowest BCUT2D eigenvalue weighted by Gasteiger charge is -2.33. The van der Waals surface area contributed by atoms with Gasteiger partial charge in [0, 0.05) is 31.2 Å². The van der Waals surface area contributed by atoms with Crippen LogP contribution in [-0.4, -0.2) is 69.3 Å². The van der Waals surface area contributed by atoms with Crippen LogP contribution in [0.2, 0.25) is 5.02 Å². The van der Waals surface area contributed by atoms with Gasteiger partial charge in [-0.2, -0.15) is 4.31 Å². The molecule has 1 unspecified atom stereocenters. The van der Waals surface area contributed by atoms with E-state index >= 15 is 0 Å². The number of hydrogen-bond acceptors (Lipinski definition) is 6. The van der Waals surface area contributed by atoms with Crippen LogP contribution in [0.15, 0.2) is 53.4 Å². The smallest absolute Gasteiger partial charge is 0.307 e. The van der Waals surface area contributed by atoms with E-state index in [1.807, 2.05) is 11.8 Å². The zero-order valence-electron chi connectivity index (χ0n) is 18.7. The fourth-order valence-electron chi connectivity index (χ4n) is 3.68. The van der Waals surface area contributed by atoms with Gasteiger partial charge in [0.1, 0.15) is 0 Å².